The summed E-state index contributed by atoms with van der Waals surface area (Å²) < 4.78 is 11.2. The normalized spacial score (nSPS) is 10.9. The lowest BCUT2D eigenvalue weighted by atomic mass is 9.97. The monoisotopic (exact) mass is 308 g/mol. The lowest BCUT2D eigenvalue weighted by Gasteiger charge is -2.11. The van der Waals surface area contributed by atoms with Gasteiger partial charge in [-0.25, -0.2) is 0 Å². The lowest BCUT2D eigenvalue weighted by Crippen LogP contribution is -2.07. The molecule has 2 aromatic carbocycles. The standard InChI is InChI=1S/C20H20O3/c1-3-4-8-14-10-7-12-17(22-2)19(14)20(21)18-13-15-9-5-6-11-16(15)23-18/h5-7,9-13H,3-4,8H2,1-2H3. The van der Waals surface area contributed by atoms with Crippen LogP contribution in [-0.4, -0.2) is 12.9 Å². The summed E-state index contributed by atoms with van der Waals surface area (Å²) in [6.45, 7) is 2.14. The van der Waals surface area contributed by atoms with E-state index in [0.29, 0.717) is 17.1 Å². The van der Waals surface area contributed by atoms with Gasteiger partial charge in [0.2, 0.25) is 5.78 Å². The maximum Gasteiger partial charge on any atom is 0.232 e. The van der Waals surface area contributed by atoms with Gasteiger partial charge in [0.05, 0.1) is 12.7 Å². The fourth-order valence-corrected chi connectivity index (χ4v) is 2.80. The molecule has 0 saturated carbocycles. The van der Waals surface area contributed by atoms with Gasteiger partial charge in [-0.15, -0.1) is 0 Å². The highest BCUT2D eigenvalue weighted by atomic mass is 16.5. The molecule has 0 spiro atoms. The first-order valence-corrected chi connectivity index (χ1v) is 7.93. The number of hydrogen-bond donors (Lipinski definition) is 0. The van der Waals surface area contributed by atoms with Crippen molar-refractivity contribution < 1.29 is 13.9 Å². The Kier molecular flexibility index (Phi) is 4.47. The summed E-state index contributed by atoms with van der Waals surface area (Å²) in [4.78, 5) is 13.0. The summed E-state index contributed by atoms with van der Waals surface area (Å²) in [5.41, 5.74) is 2.35. The van der Waals surface area contributed by atoms with Crippen molar-refractivity contribution in [3.63, 3.8) is 0 Å². The van der Waals surface area contributed by atoms with Crippen LogP contribution in [0.3, 0.4) is 0 Å². The van der Waals surface area contributed by atoms with Crippen molar-refractivity contribution in [1.29, 1.82) is 0 Å². The van der Waals surface area contributed by atoms with Crippen molar-refractivity contribution in [1.82, 2.24) is 0 Å². The van der Waals surface area contributed by atoms with Gasteiger partial charge >= 0.3 is 0 Å². The highest BCUT2D eigenvalue weighted by molar-refractivity contribution is 6.11. The van der Waals surface area contributed by atoms with Crippen LogP contribution < -0.4 is 4.74 Å². The minimum atomic E-state index is -0.121. The number of benzene rings is 2. The molecule has 0 saturated heterocycles. The van der Waals surface area contributed by atoms with Crippen molar-refractivity contribution >= 4 is 16.8 Å². The topological polar surface area (TPSA) is 39.4 Å². The fourth-order valence-electron chi connectivity index (χ4n) is 2.80. The number of unbranched alkanes of at least 4 members (excludes halogenated alkanes) is 1. The molecule has 3 heteroatoms. The number of ether oxygens (including phenoxy) is 1. The SMILES string of the molecule is CCCCc1cccc(OC)c1C(=O)c1cc2ccccc2o1. The van der Waals surface area contributed by atoms with E-state index in [0.717, 1.165) is 35.8 Å². The predicted octanol–water partition coefficient (Wildman–Crippen LogP) is 5.02. The molecule has 1 heterocycles. The van der Waals surface area contributed by atoms with E-state index < -0.39 is 0 Å². The van der Waals surface area contributed by atoms with E-state index in [1.807, 2.05) is 42.5 Å². The summed E-state index contributed by atoms with van der Waals surface area (Å²) in [7, 11) is 1.59. The summed E-state index contributed by atoms with van der Waals surface area (Å²) >= 11 is 0. The van der Waals surface area contributed by atoms with Crippen molar-refractivity contribution in [2.45, 2.75) is 26.2 Å². The third-order valence-corrected chi connectivity index (χ3v) is 4.01. The first-order chi connectivity index (χ1) is 11.2. The van der Waals surface area contributed by atoms with Crippen LogP contribution in [0.4, 0.5) is 0 Å². The van der Waals surface area contributed by atoms with E-state index >= 15 is 0 Å². The van der Waals surface area contributed by atoms with Gasteiger partial charge in [0.25, 0.3) is 0 Å². The number of aryl methyl sites for hydroxylation is 1. The number of hydrogen-bond acceptors (Lipinski definition) is 3. The second kappa shape index (κ2) is 6.69. The molecule has 0 bridgehead atoms. The third kappa shape index (κ3) is 3.00. The number of para-hydroxylation sites is 1. The minimum absolute atomic E-state index is 0.121. The molecule has 0 amide bonds. The van der Waals surface area contributed by atoms with E-state index in [2.05, 4.69) is 6.92 Å². The van der Waals surface area contributed by atoms with E-state index in [1.54, 1.807) is 13.2 Å². The summed E-state index contributed by atoms with van der Waals surface area (Å²) in [5, 5.41) is 0.931. The molecule has 0 radical (unpaired) electrons. The molecule has 3 nitrogen and oxygen atoms in total. The Labute approximate surface area is 135 Å². The first-order valence-electron chi connectivity index (χ1n) is 7.93. The van der Waals surface area contributed by atoms with Crippen molar-refractivity contribution in [3.8, 4) is 5.75 Å². The minimum Gasteiger partial charge on any atom is -0.496 e. The molecule has 118 valence electrons. The van der Waals surface area contributed by atoms with Gasteiger partial charge in [-0.3, -0.25) is 4.79 Å². The van der Waals surface area contributed by atoms with Crippen LogP contribution >= 0.6 is 0 Å². The second-order valence-corrected chi connectivity index (χ2v) is 5.58. The van der Waals surface area contributed by atoms with E-state index in [9.17, 15) is 4.79 Å². The molecule has 0 aliphatic rings. The number of carbonyl (C=O) groups is 1. The van der Waals surface area contributed by atoms with Gasteiger partial charge in [-0.2, -0.15) is 0 Å². The van der Waals surface area contributed by atoms with Crippen LogP contribution in [0.15, 0.2) is 52.9 Å². The zero-order valence-electron chi connectivity index (χ0n) is 13.5. The van der Waals surface area contributed by atoms with Gasteiger partial charge in [0.1, 0.15) is 11.3 Å². The largest absolute Gasteiger partial charge is 0.496 e. The maximum atomic E-state index is 13.0. The maximum absolute atomic E-state index is 13.0. The van der Waals surface area contributed by atoms with Crippen LogP contribution in [0.5, 0.6) is 5.75 Å². The molecule has 1 aromatic heterocycles. The highest BCUT2D eigenvalue weighted by Crippen LogP contribution is 2.29. The van der Waals surface area contributed by atoms with Gasteiger partial charge in [0, 0.05) is 5.39 Å². The number of fused-ring (bicyclic) bond motifs is 1. The first kappa shape index (κ1) is 15.3. The molecular weight excluding hydrogens is 288 g/mol. The molecule has 0 unspecified atom stereocenters. The lowest BCUT2D eigenvalue weighted by molar-refractivity contribution is 0.101. The molecule has 0 fully saturated rings. The summed E-state index contributed by atoms with van der Waals surface area (Å²) in [5.74, 6) is 0.835. The van der Waals surface area contributed by atoms with E-state index in [-0.39, 0.29) is 5.78 Å². The number of furan rings is 1. The third-order valence-electron chi connectivity index (χ3n) is 4.01. The quantitative estimate of drug-likeness (QED) is 0.601. The van der Waals surface area contributed by atoms with Crippen LogP contribution in [0.1, 0.15) is 41.4 Å². The molecular formula is C20H20O3. The molecule has 3 aromatic rings. The highest BCUT2D eigenvalue weighted by Gasteiger charge is 2.21. The van der Waals surface area contributed by atoms with E-state index in [1.165, 1.54) is 0 Å². The van der Waals surface area contributed by atoms with Crippen LogP contribution in [0, 0.1) is 0 Å². The van der Waals surface area contributed by atoms with Crippen molar-refractivity contribution in [3.05, 3.63) is 65.4 Å². The Morgan fingerprint density at radius 1 is 1.13 bits per heavy atom. The number of methoxy groups -OCH3 is 1. The van der Waals surface area contributed by atoms with Gasteiger partial charge in [0.15, 0.2) is 5.76 Å². The molecule has 0 N–H and O–H groups in total. The Bertz CT molecular complexity index is 797. The predicted molar refractivity (Wildman–Crippen MR) is 91.3 cm³/mol. The Hall–Kier alpha value is -2.55. The number of rotatable bonds is 6. The summed E-state index contributed by atoms with van der Waals surface area (Å²) in [6.07, 6.45) is 2.97. The average Bonchev–Trinajstić information content (AvgIpc) is 3.03. The van der Waals surface area contributed by atoms with Gasteiger partial charge in [-0.1, -0.05) is 43.7 Å². The van der Waals surface area contributed by atoms with E-state index in [4.69, 9.17) is 9.15 Å². The van der Waals surface area contributed by atoms with Crippen LogP contribution in [-0.2, 0) is 6.42 Å². The number of ketones is 1. The zero-order valence-corrected chi connectivity index (χ0v) is 13.5. The fraction of sp³-hybridized carbons (Fsp3) is 0.250. The van der Waals surface area contributed by atoms with Crippen molar-refractivity contribution in [2.75, 3.05) is 7.11 Å². The van der Waals surface area contributed by atoms with Gasteiger partial charge < -0.3 is 9.15 Å². The van der Waals surface area contributed by atoms with Crippen molar-refractivity contribution in [2.24, 2.45) is 0 Å². The zero-order chi connectivity index (χ0) is 16.2. The van der Waals surface area contributed by atoms with Gasteiger partial charge in [-0.05, 0) is 36.6 Å². The molecule has 23 heavy (non-hydrogen) atoms. The Morgan fingerprint density at radius 3 is 2.70 bits per heavy atom. The smallest absolute Gasteiger partial charge is 0.232 e. The second-order valence-electron chi connectivity index (χ2n) is 5.58. The molecule has 3 rings (SSSR count). The Morgan fingerprint density at radius 2 is 1.96 bits per heavy atom. The molecule has 0 atom stereocenters. The summed E-state index contributed by atoms with van der Waals surface area (Å²) in [6, 6.07) is 15.2. The van der Waals surface area contributed by atoms with Crippen LogP contribution in [0.2, 0.25) is 0 Å². The Balaban J connectivity index is 2.06. The average molecular weight is 308 g/mol. The molecule has 0 aliphatic carbocycles. The number of carbonyl (C=O) groups excluding carboxylic acids is 1. The molecule has 0 aliphatic heterocycles. The van der Waals surface area contributed by atoms with Crippen LogP contribution in [0.25, 0.3) is 11.0 Å².